The van der Waals surface area contributed by atoms with Gasteiger partial charge in [-0.05, 0) is 69.4 Å². The highest BCUT2D eigenvalue weighted by Gasteiger charge is 2.25. The first-order valence-electron chi connectivity index (χ1n) is 21.0. The van der Waals surface area contributed by atoms with Gasteiger partial charge in [0, 0.05) is 43.6 Å². The van der Waals surface area contributed by atoms with Crippen molar-refractivity contribution in [2.75, 3.05) is 0 Å². The van der Waals surface area contributed by atoms with Crippen molar-refractivity contribution in [1.82, 2.24) is 24.1 Å². The monoisotopic (exact) mass is 789 g/mol. The van der Waals surface area contributed by atoms with E-state index in [0.29, 0.717) is 17.5 Å². The number of fused-ring (bicyclic) bond motifs is 9. The van der Waals surface area contributed by atoms with Crippen LogP contribution in [0.25, 0.3) is 121 Å². The van der Waals surface area contributed by atoms with Gasteiger partial charge in [-0.2, -0.15) is 0 Å². The lowest BCUT2D eigenvalue weighted by Gasteiger charge is -2.17. The quantitative estimate of drug-likeness (QED) is 0.174. The zero-order valence-electron chi connectivity index (χ0n) is 33.4. The van der Waals surface area contributed by atoms with Crippen molar-refractivity contribution in [2.45, 2.75) is 0 Å². The van der Waals surface area contributed by atoms with E-state index >= 15 is 0 Å². The Morgan fingerprint density at radius 1 is 0.290 bits per heavy atom. The zero-order chi connectivity index (χ0) is 40.7. The molecule has 0 saturated carbocycles. The molecular weight excluding hydrogens is 755 g/mol. The summed E-state index contributed by atoms with van der Waals surface area (Å²) < 4.78 is 4.93. The molecule has 0 radical (unpaired) electrons. The van der Waals surface area contributed by atoms with Gasteiger partial charge >= 0.3 is 0 Å². The smallest absolute Gasteiger partial charge is 0.166 e. The van der Waals surface area contributed by atoms with Gasteiger partial charge in [0.05, 0.1) is 33.4 Å². The summed E-state index contributed by atoms with van der Waals surface area (Å²) in [7, 11) is 0. The second-order valence-electron chi connectivity index (χ2n) is 16.0. The minimum Gasteiger partial charge on any atom is -0.308 e. The summed E-state index contributed by atoms with van der Waals surface area (Å²) in [5.41, 5.74) is 9.52. The maximum atomic E-state index is 5.34. The van der Waals surface area contributed by atoms with Crippen molar-refractivity contribution in [3.05, 3.63) is 212 Å². The van der Waals surface area contributed by atoms with Gasteiger partial charge in [0.25, 0.3) is 0 Å². The van der Waals surface area contributed by atoms with Crippen molar-refractivity contribution in [3.63, 3.8) is 0 Å². The first-order chi connectivity index (χ1) is 30.8. The SMILES string of the molecule is c1ccc(-c2nc(-c3ccccc3-n3c4ccccc4c4c(-n5c6ccccc6c6cc7ccccc7cc65)c5ccccc5cc43)nc(-c3cccc4ccccc34)n2)cc1. The Labute approximate surface area is 356 Å². The Hall–Kier alpha value is -8.41. The van der Waals surface area contributed by atoms with E-state index in [9.17, 15) is 0 Å². The van der Waals surface area contributed by atoms with Crippen LogP contribution in [0.2, 0.25) is 0 Å². The molecule has 5 heteroatoms. The van der Waals surface area contributed by atoms with E-state index in [1.165, 1.54) is 48.7 Å². The molecule has 13 aromatic rings. The van der Waals surface area contributed by atoms with Crippen molar-refractivity contribution in [3.8, 4) is 45.5 Å². The largest absolute Gasteiger partial charge is 0.308 e. The first kappa shape index (κ1) is 34.5. The number of hydrogen-bond donors (Lipinski definition) is 0. The molecule has 0 aliphatic heterocycles. The third-order valence-corrected chi connectivity index (χ3v) is 12.5. The molecule has 3 aromatic heterocycles. The molecule has 0 saturated heterocycles. The normalized spacial score (nSPS) is 11.9. The molecule has 0 amide bonds. The molecule has 0 bridgehead atoms. The Balaban J connectivity index is 1.14. The van der Waals surface area contributed by atoms with Crippen molar-refractivity contribution >= 4 is 75.9 Å². The van der Waals surface area contributed by atoms with Gasteiger partial charge in [-0.1, -0.05) is 170 Å². The molecule has 3 heterocycles. The molecule has 0 N–H and O–H groups in total. The van der Waals surface area contributed by atoms with Crippen molar-refractivity contribution in [2.24, 2.45) is 0 Å². The van der Waals surface area contributed by atoms with Crippen LogP contribution in [0.1, 0.15) is 0 Å². The van der Waals surface area contributed by atoms with Gasteiger partial charge in [-0.15, -0.1) is 0 Å². The van der Waals surface area contributed by atoms with E-state index in [1.807, 2.05) is 18.2 Å². The Bertz CT molecular complexity index is 3930. The van der Waals surface area contributed by atoms with Crippen LogP contribution in [0, 0.1) is 0 Å². The standard InChI is InChI=1S/C57H35N5/c1-2-18-37(19-3-1)55-58-56(44-29-16-23-36-17-6-8-24-41(36)44)60-57(59-55)46-28-12-15-32-50(46)61-49-31-14-11-27-45(49)53-52(61)35-40-22-7-9-25-42(40)54(53)62-48-30-13-10-26-43(48)47-33-38-20-4-5-21-39(38)34-51(47)62/h1-35H. The van der Waals surface area contributed by atoms with Crippen LogP contribution >= 0.6 is 0 Å². The van der Waals surface area contributed by atoms with Crippen LogP contribution in [-0.4, -0.2) is 24.1 Å². The molecule has 5 nitrogen and oxygen atoms in total. The van der Waals surface area contributed by atoms with Gasteiger partial charge in [0.15, 0.2) is 17.5 Å². The molecule has 13 rings (SSSR count). The summed E-state index contributed by atoms with van der Waals surface area (Å²) in [6, 6.07) is 75.7. The molecule has 0 aliphatic rings. The van der Waals surface area contributed by atoms with Gasteiger partial charge in [0.1, 0.15) is 0 Å². The van der Waals surface area contributed by atoms with Gasteiger partial charge in [0.2, 0.25) is 0 Å². The van der Waals surface area contributed by atoms with E-state index in [-0.39, 0.29) is 0 Å². The van der Waals surface area contributed by atoms with Crippen molar-refractivity contribution < 1.29 is 0 Å². The number of rotatable bonds is 5. The Morgan fingerprint density at radius 2 is 0.823 bits per heavy atom. The van der Waals surface area contributed by atoms with E-state index < -0.39 is 0 Å². The molecule has 0 unspecified atom stereocenters. The number of aromatic nitrogens is 5. The lowest BCUT2D eigenvalue weighted by atomic mass is 10.0. The van der Waals surface area contributed by atoms with E-state index in [4.69, 9.17) is 15.0 Å². The van der Waals surface area contributed by atoms with E-state index in [1.54, 1.807) is 0 Å². The second-order valence-corrected chi connectivity index (χ2v) is 16.0. The van der Waals surface area contributed by atoms with Gasteiger partial charge in [-0.3, -0.25) is 0 Å². The fraction of sp³-hybridized carbons (Fsp3) is 0. The summed E-state index contributed by atoms with van der Waals surface area (Å²) in [6.07, 6.45) is 0. The summed E-state index contributed by atoms with van der Waals surface area (Å²) in [5, 5.41) is 11.9. The minimum atomic E-state index is 0.610. The lowest BCUT2D eigenvalue weighted by Crippen LogP contribution is -2.04. The average molecular weight is 790 g/mol. The average Bonchev–Trinajstić information content (AvgIpc) is 3.84. The van der Waals surface area contributed by atoms with Crippen LogP contribution in [0.4, 0.5) is 0 Å². The molecule has 0 aliphatic carbocycles. The third kappa shape index (κ3) is 5.18. The van der Waals surface area contributed by atoms with Crippen molar-refractivity contribution in [1.29, 1.82) is 0 Å². The highest BCUT2D eigenvalue weighted by Crippen LogP contribution is 2.45. The molecule has 10 aromatic carbocycles. The molecule has 288 valence electrons. The zero-order valence-corrected chi connectivity index (χ0v) is 33.4. The predicted octanol–water partition coefficient (Wildman–Crippen LogP) is 14.5. The van der Waals surface area contributed by atoms with Gasteiger partial charge < -0.3 is 9.13 Å². The van der Waals surface area contributed by atoms with Crippen LogP contribution < -0.4 is 0 Å². The number of para-hydroxylation sites is 3. The lowest BCUT2D eigenvalue weighted by molar-refractivity contribution is 1.07. The molecule has 0 atom stereocenters. The maximum Gasteiger partial charge on any atom is 0.166 e. The van der Waals surface area contributed by atoms with Crippen LogP contribution in [-0.2, 0) is 0 Å². The second kappa shape index (κ2) is 13.6. The fourth-order valence-electron chi connectivity index (χ4n) is 9.76. The van der Waals surface area contributed by atoms with Crippen LogP contribution in [0.5, 0.6) is 0 Å². The Morgan fingerprint density at radius 3 is 1.63 bits per heavy atom. The summed E-state index contributed by atoms with van der Waals surface area (Å²) >= 11 is 0. The number of benzene rings is 10. The summed E-state index contributed by atoms with van der Waals surface area (Å²) in [6.45, 7) is 0. The number of nitrogens with zero attached hydrogens (tertiary/aromatic N) is 5. The number of hydrogen-bond acceptors (Lipinski definition) is 3. The fourth-order valence-corrected chi connectivity index (χ4v) is 9.76. The van der Waals surface area contributed by atoms with E-state index in [0.717, 1.165) is 55.3 Å². The highest BCUT2D eigenvalue weighted by molar-refractivity contribution is 6.23. The topological polar surface area (TPSA) is 48.5 Å². The first-order valence-corrected chi connectivity index (χ1v) is 21.0. The Kier molecular flexibility index (Phi) is 7.54. The molecule has 0 spiro atoms. The van der Waals surface area contributed by atoms with Gasteiger partial charge in [-0.25, -0.2) is 15.0 Å². The van der Waals surface area contributed by atoms with E-state index in [2.05, 4.69) is 203 Å². The highest BCUT2D eigenvalue weighted by atomic mass is 15.1. The summed E-state index contributed by atoms with van der Waals surface area (Å²) in [5.74, 6) is 1.87. The molecule has 62 heavy (non-hydrogen) atoms. The molecular formula is C57H35N5. The summed E-state index contributed by atoms with van der Waals surface area (Å²) in [4.78, 5) is 15.8. The minimum absolute atomic E-state index is 0.610. The third-order valence-electron chi connectivity index (χ3n) is 12.5. The maximum absolute atomic E-state index is 5.34. The van der Waals surface area contributed by atoms with Crippen LogP contribution in [0.3, 0.4) is 0 Å². The van der Waals surface area contributed by atoms with Crippen LogP contribution in [0.15, 0.2) is 212 Å². The molecule has 0 fully saturated rings. The predicted molar refractivity (Wildman–Crippen MR) is 257 cm³/mol.